The topological polar surface area (TPSA) is 118 Å². The molecule has 0 atom stereocenters. The fourth-order valence-corrected chi connectivity index (χ4v) is 3.68. The van der Waals surface area contributed by atoms with Gasteiger partial charge in [-0.3, -0.25) is 14.9 Å². The standard InChI is InChI=1S/C24H17N3O5S/c28-21(25-17-13-11-16(12-14-17)15-7-3-1-4-8-15)19-20(26-22(29)23(30)31)27-24(33-19)32-18-9-5-2-6-10-18/h1-14H,(H,25,28)(H,26,29)(H,30,31). The zero-order valence-corrected chi connectivity index (χ0v) is 17.8. The molecule has 0 unspecified atom stereocenters. The number of ether oxygens (including phenoxy) is 1. The number of aromatic nitrogens is 1. The van der Waals surface area contributed by atoms with E-state index in [4.69, 9.17) is 9.84 Å². The minimum Gasteiger partial charge on any atom is -0.474 e. The van der Waals surface area contributed by atoms with Gasteiger partial charge >= 0.3 is 11.9 Å². The van der Waals surface area contributed by atoms with Crippen molar-refractivity contribution in [3.05, 3.63) is 89.8 Å². The summed E-state index contributed by atoms with van der Waals surface area (Å²) < 4.78 is 5.64. The number of carboxylic acid groups (broad SMARTS) is 1. The third kappa shape index (κ3) is 5.41. The highest BCUT2D eigenvalue weighted by Crippen LogP contribution is 2.33. The molecule has 1 aromatic heterocycles. The van der Waals surface area contributed by atoms with E-state index in [1.807, 2.05) is 48.5 Å². The molecule has 3 N–H and O–H groups in total. The number of rotatable bonds is 6. The van der Waals surface area contributed by atoms with Crippen LogP contribution in [-0.2, 0) is 9.59 Å². The number of carbonyl (C=O) groups is 3. The van der Waals surface area contributed by atoms with Gasteiger partial charge in [0.05, 0.1) is 0 Å². The van der Waals surface area contributed by atoms with Gasteiger partial charge in [0.15, 0.2) is 5.82 Å². The molecule has 0 radical (unpaired) electrons. The van der Waals surface area contributed by atoms with E-state index in [9.17, 15) is 14.4 Å². The molecule has 0 saturated heterocycles. The first kappa shape index (κ1) is 21.7. The molecule has 0 aliphatic heterocycles. The molecule has 0 bridgehead atoms. The minimum atomic E-state index is -1.70. The van der Waals surface area contributed by atoms with Gasteiger partial charge in [-0.25, -0.2) is 4.79 Å². The first-order chi connectivity index (χ1) is 16.0. The number of carboxylic acids is 1. The monoisotopic (exact) mass is 459 g/mol. The summed E-state index contributed by atoms with van der Waals surface area (Å²) in [5.74, 6) is -3.30. The Labute approximate surface area is 192 Å². The van der Waals surface area contributed by atoms with Crippen LogP contribution in [0.2, 0.25) is 0 Å². The first-order valence-corrected chi connectivity index (χ1v) is 10.6. The number of aliphatic carboxylic acids is 1. The number of para-hydroxylation sites is 1. The second-order valence-corrected chi connectivity index (χ2v) is 7.69. The number of carbonyl (C=O) groups excluding carboxylic acids is 2. The second-order valence-electron chi connectivity index (χ2n) is 6.73. The fraction of sp³-hybridized carbons (Fsp3) is 0. The van der Waals surface area contributed by atoms with Crippen molar-refractivity contribution in [2.45, 2.75) is 0 Å². The molecule has 0 saturated carbocycles. The molecule has 9 heteroatoms. The third-order valence-electron chi connectivity index (χ3n) is 4.44. The molecule has 2 amide bonds. The summed E-state index contributed by atoms with van der Waals surface area (Å²) >= 11 is 0.882. The number of thiazole rings is 1. The highest BCUT2D eigenvalue weighted by molar-refractivity contribution is 7.16. The summed E-state index contributed by atoms with van der Waals surface area (Å²) in [4.78, 5) is 39.6. The summed E-state index contributed by atoms with van der Waals surface area (Å²) in [6.07, 6.45) is 0. The number of hydrogen-bond donors (Lipinski definition) is 3. The Morgan fingerprint density at radius 2 is 1.39 bits per heavy atom. The van der Waals surface area contributed by atoms with E-state index in [1.165, 1.54) is 0 Å². The van der Waals surface area contributed by atoms with Gasteiger partial charge in [-0.1, -0.05) is 72.0 Å². The van der Waals surface area contributed by atoms with Crippen LogP contribution in [0.1, 0.15) is 9.67 Å². The van der Waals surface area contributed by atoms with Crippen LogP contribution in [0, 0.1) is 0 Å². The maximum absolute atomic E-state index is 12.9. The normalized spacial score (nSPS) is 10.3. The number of nitrogens with one attached hydrogen (secondary N) is 2. The van der Waals surface area contributed by atoms with Gasteiger partial charge in [0.2, 0.25) is 0 Å². The van der Waals surface area contributed by atoms with Crippen molar-refractivity contribution < 1.29 is 24.2 Å². The highest BCUT2D eigenvalue weighted by Gasteiger charge is 2.23. The number of anilines is 2. The van der Waals surface area contributed by atoms with E-state index in [1.54, 1.807) is 36.4 Å². The van der Waals surface area contributed by atoms with Crippen LogP contribution in [0.25, 0.3) is 11.1 Å². The van der Waals surface area contributed by atoms with Crippen molar-refractivity contribution in [1.29, 1.82) is 0 Å². The van der Waals surface area contributed by atoms with Gasteiger partial charge in [-0.15, -0.1) is 0 Å². The van der Waals surface area contributed by atoms with Gasteiger partial charge in [-0.2, -0.15) is 4.98 Å². The lowest BCUT2D eigenvalue weighted by Gasteiger charge is -2.07. The molecular formula is C24H17N3O5S. The summed E-state index contributed by atoms with van der Waals surface area (Å²) in [6, 6.07) is 25.8. The molecule has 4 rings (SSSR count). The quantitative estimate of drug-likeness (QED) is 0.354. The largest absolute Gasteiger partial charge is 0.474 e. The number of nitrogens with zero attached hydrogens (tertiary/aromatic N) is 1. The van der Waals surface area contributed by atoms with E-state index in [2.05, 4.69) is 15.6 Å². The van der Waals surface area contributed by atoms with Gasteiger partial charge < -0.3 is 15.2 Å². The van der Waals surface area contributed by atoms with Crippen LogP contribution in [-0.4, -0.2) is 27.9 Å². The second kappa shape index (κ2) is 9.75. The van der Waals surface area contributed by atoms with Crippen molar-refractivity contribution in [3.8, 4) is 22.1 Å². The lowest BCUT2D eigenvalue weighted by Crippen LogP contribution is -2.23. The first-order valence-electron chi connectivity index (χ1n) is 9.74. The van der Waals surface area contributed by atoms with Gasteiger partial charge in [-0.05, 0) is 35.4 Å². The fourth-order valence-electron chi connectivity index (χ4n) is 2.90. The lowest BCUT2D eigenvalue weighted by molar-refractivity contribution is -0.147. The molecule has 8 nitrogen and oxygen atoms in total. The van der Waals surface area contributed by atoms with Crippen LogP contribution < -0.4 is 15.4 Å². The third-order valence-corrected chi connectivity index (χ3v) is 5.37. The SMILES string of the molecule is O=C(O)C(=O)Nc1nc(Oc2ccccc2)sc1C(=O)Nc1ccc(-c2ccccc2)cc1. The average molecular weight is 459 g/mol. The summed E-state index contributed by atoms with van der Waals surface area (Å²) in [6.45, 7) is 0. The predicted molar refractivity (Wildman–Crippen MR) is 125 cm³/mol. The van der Waals surface area contributed by atoms with Crippen molar-refractivity contribution in [1.82, 2.24) is 4.98 Å². The van der Waals surface area contributed by atoms with Gasteiger partial charge in [0, 0.05) is 5.69 Å². The zero-order chi connectivity index (χ0) is 23.2. The van der Waals surface area contributed by atoms with Crippen molar-refractivity contribution in [3.63, 3.8) is 0 Å². The Hall–Kier alpha value is -4.50. The number of amides is 2. The summed E-state index contributed by atoms with van der Waals surface area (Å²) in [5, 5.41) is 13.8. The average Bonchev–Trinajstić information content (AvgIpc) is 3.22. The molecule has 1 heterocycles. The molecule has 0 fully saturated rings. The Morgan fingerprint density at radius 1 is 0.788 bits per heavy atom. The molecule has 164 valence electrons. The van der Waals surface area contributed by atoms with E-state index in [0.717, 1.165) is 22.5 Å². The number of benzene rings is 3. The minimum absolute atomic E-state index is 0.00247. The van der Waals surface area contributed by atoms with E-state index >= 15 is 0 Å². The van der Waals surface area contributed by atoms with E-state index in [-0.39, 0.29) is 15.9 Å². The zero-order valence-electron chi connectivity index (χ0n) is 17.0. The van der Waals surface area contributed by atoms with Crippen LogP contribution >= 0.6 is 11.3 Å². The van der Waals surface area contributed by atoms with Crippen molar-refractivity contribution in [2.75, 3.05) is 10.6 Å². The Morgan fingerprint density at radius 3 is 2.03 bits per heavy atom. The summed E-state index contributed by atoms with van der Waals surface area (Å²) in [7, 11) is 0. The summed E-state index contributed by atoms with van der Waals surface area (Å²) in [5.41, 5.74) is 2.55. The van der Waals surface area contributed by atoms with Crippen LogP contribution in [0.3, 0.4) is 0 Å². The van der Waals surface area contributed by atoms with E-state index < -0.39 is 17.8 Å². The van der Waals surface area contributed by atoms with Gasteiger partial charge in [0.25, 0.3) is 11.1 Å². The molecule has 33 heavy (non-hydrogen) atoms. The van der Waals surface area contributed by atoms with Crippen LogP contribution in [0.15, 0.2) is 84.9 Å². The Bertz CT molecular complexity index is 1290. The van der Waals surface area contributed by atoms with Crippen LogP contribution in [0.4, 0.5) is 11.5 Å². The Balaban J connectivity index is 1.56. The molecule has 0 aliphatic carbocycles. The molecule has 0 spiro atoms. The predicted octanol–water partition coefficient (Wildman–Crippen LogP) is 4.88. The van der Waals surface area contributed by atoms with Crippen LogP contribution in [0.5, 0.6) is 10.9 Å². The Kier molecular flexibility index (Phi) is 6.42. The lowest BCUT2D eigenvalue weighted by atomic mass is 10.1. The number of hydrogen-bond acceptors (Lipinski definition) is 6. The van der Waals surface area contributed by atoms with E-state index in [0.29, 0.717) is 11.4 Å². The smallest absolute Gasteiger partial charge is 0.394 e. The molecular weight excluding hydrogens is 442 g/mol. The van der Waals surface area contributed by atoms with Crippen molar-refractivity contribution >= 4 is 40.6 Å². The highest BCUT2D eigenvalue weighted by atomic mass is 32.1. The molecule has 3 aromatic carbocycles. The molecule has 4 aromatic rings. The van der Waals surface area contributed by atoms with Gasteiger partial charge in [0.1, 0.15) is 10.6 Å². The maximum Gasteiger partial charge on any atom is 0.394 e. The maximum atomic E-state index is 12.9. The van der Waals surface area contributed by atoms with Crippen molar-refractivity contribution in [2.24, 2.45) is 0 Å². The molecule has 0 aliphatic rings.